The second-order valence-electron chi connectivity index (χ2n) is 5.46. The molecule has 128 valence electrons. The van der Waals surface area contributed by atoms with Crippen LogP contribution in [0.3, 0.4) is 0 Å². The van der Waals surface area contributed by atoms with Gasteiger partial charge in [0, 0.05) is 26.5 Å². The highest BCUT2D eigenvalue weighted by Gasteiger charge is 2.11. The number of alkyl halides is 1. The minimum atomic E-state index is -0.110. The van der Waals surface area contributed by atoms with Gasteiger partial charge in [-0.05, 0) is 55.3 Å². The van der Waals surface area contributed by atoms with Crippen LogP contribution >= 0.6 is 39.1 Å². The zero-order chi connectivity index (χ0) is 17.4. The highest BCUT2D eigenvalue weighted by Crippen LogP contribution is 2.22. The average molecular weight is 430 g/mol. The van der Waals surface area contributed by atoms with Crippen LogP contribution in [0.1, 0.15) is 41.6 Å². The molecule has 0 amide bonds. The van der Waals surface area contributed by atoms with E-state index in [2.05, 4.69) is 15.9 Å². The van der Waals surface area contributed by atoms with Crippen LogP contribution in [0.4, 0.5) is 0 Å². The highest BCUT2D eigenvalue weighted by molar-refractivity contribution is 9.09. The van der Waals surface area contributed by atoms with Crippen LogP contribution in [0.5, 0.6) is 5.75 Å². The SMILES string of the molecule is O=C(c1ccc(OCCCCCCBr)cc1)c1cc(Cl)cc(Cl)c1. The quantitative estimate of drug-likeness (QED) is 0.256. The summed E-state index contributed by atoms with van der Waals surface area (Å²) >= 11 is 15.3. The maximum atomic E-state index is 12.5. The van der Waals surface area contributed by atoms with Crippen LogP contribution < -0.4 is 4.74 Å². The Bertz CT molecular complexity index is 651. The van der Waals surface area contributed by atoms with Gasteiger partial charge >= 0.3 is 0 Å². The fraction of sp³-hybridized carbons (Fsp3) is 0.316. The molecule has 0 N–H and O–H groups in total. The lowest BCUT2D eigenvalue weighted by Crippen LogP contribution is -2.02. The normalized spacial score (nSPS) is 10.6. The van der Waals surface area contributed by atoms with E-state index >= 15 is 0 Å². The predicted octanol–water partition coefficient (Wildman–Crippen LogP) is 6.56. The van der Waals surface area contributed by atoms with Crippen molar-refractivity contribution in [2.24, 2.45) is 0 Å². The van der Waals surface area contributed by atoms with Gasteiger partial charge in [-0.2, -0.15) is 0 Å². The van der Waals surface area contributed by atoms with Crippen molar-refractivity contribution in [3.8, 4) is 5.75 Å². The number of hydrogen-bond acceptors (Lipinski definition) is 2. The molecular formula is C19H19BrCl2O2. The minimum absolute atomic E-state index is 0.110. The van der Waals surface area contributed by atoms with Crippen molar-refractivity contribution >= 4 is 44.9 Å². The first-order chi connectivity index (χ1) is 11.6. The predicted molar refractivity (Wildman–Crippen MR) is 104 cm³/mol. The van der Waals surface area contributed by atoms with E-state index in [9.17, 15) is 4.79 Å². The van der Waals surface area contributed by atoms with Crippen molar-refractivity contribution in [3.05, 3.63) is 63.6 Å². The molecule has 2 rings (SSSR count). The van der Waals surface area contributed by atoms with Crippen LogP contribution in [0.15, 0.2) is 42.5 Å². The Kier molecular flexibility index (Phi) is 8.10. The monoisotopic (exact) mass is 428 g/mol. The Morgan fingerprint density at radius 3 is 2.12 bits per heavy atom. The van der Waals surface area contributed by atoms with Crippen molar-refractivity contribution in [2.75, 3.05) is 11.9 Å². The Morgan fingerprint density at radius 2 is 1.50 bits per heavy atom. The lowest BCUT2D eigenvalue weighted by atomic mass is 10.0. The molecule has 0 aliphatic rings. The Labute approximate surface area is 161 Å². The van der Waals surface area contributed by atoms with E-state index in [1.165, 1.54) is 12.8 Å². The Balaban J connectivity index is 1.90. The molecule has 0 aliphatic heterocycles. The molecule has 0 aliphatic carbocycles. The second-order valence-corrected chi connectivity index (χ2v) is 7.13. The van der Waals surface area contributed by atoms with Crippen molar-refractivity contribution in [3.63, 3.8) is 0 Å². The summed E-state index contributed by atoms with van der Waals surface area (Å²) in [5.74, 6) is 0.664. The van der Waals surface area contributed by atoms with Crippen LogP contribution in [0.2, 0.25) is 10.0 Å². The first kappa shape index (κ1) is 19.3. The molecule has 24 heavy (non-hydrogen) atoms. The number of benzene rings is 2. The number of unbranched alkanes of at least 4 members (excludes halogenated alkanes) is 3. The molecule has 0 radical (unpaired) electrons. The molecule has 0 saturated heterocycles. The number of carbonyl (C=O) groups is 1. The van der Waals surface area contributed by atoms with Crippen molar-refractivity contribution in [2.45, 2.75) is 25.7 Å². The fourth-order valence-corrected chi connectivity index (χ4v) is 3.22. The maximum Gasteiger partial charge on any atom is 0.193 e. The topological polar surface area (TPSA) is 26.3 Å². The third-order valence-electron chi connectivity index (χ3n) is 3.54. The second kappa shape index (κ2) is 10.1. The summed E-state index contributed by atoms with van der Waals surface area (Å²) < 4.78 is 5.70. The highest BCUT2D eigenvalue weighted by atomic mass is 79.9. The summed E-state index contributed by atoms with van der Waals surface area (Å²) in [7, 11) is 0. The minimum Gasteiger partial charge on any atom is -0.494 e. The largest absolute Gasteiger partial charge is 0.494 e. The van der Waals surface area contributed by atoms with Gasteiger partial charge in [0.25, 0.3) is 0 Å². The van der Waals surface area contributed by atoms with Crippen LogP contribution in [0, 0.1) is 0 Å². The smallest absolute Gasteiger partial charge is 0.193 e. The van der Waals surface area contributed by atoms with Crippen molar-refractivity contribution in [1.29, 1.82) is 0 Å². The molecule has 0 heterocycles. The van der Waals surface area contributed by atoms with Crippen molar-refractivity contribution < 1.29 is 9.53 Å². The lowest BCUT2D eigenvalue weighted by molar-refractivity contribution is 0.103. The molecule has 5 heteroatoms. The molecule has 2 aromatic carbocycles. The van der Waals surface area contributed by atoms with Gasteiger partial charge in [0.05, 0.1) is 6.61 Å². The zero-order valence-electron chi connectivity index (χ0n) is 13.2. The van der Waals surface area contributed by atoms with E-state index in [1.54, 1.807) is 30.3 Å². The first-order valence-electron chi connectivity index (χ1n) is 7.90. The number of halogens is 3. The molecule has 2 aromatic rings. The van der Waals surface area contributed by atoms with Gasteiger partial charge in [-0.3, -0.25) is 4.79 Å². The van der Waals surface area contributed by atoms with E-state index in [4.69, 9.17) is 27.9 Å². The van der Waals surface area contributed by atoms with E-state index in [0.717, 1.165) is 23.9 Å². The molecule has 2 nitrogen and oxygen atoms in total. The Hall–Kier alpha value is -1.03. The zero-order valence-corrected chi connectivity index (χ0v) is 16.3. The average Bonchev–Trinajstić information content (AvgIpc) is 2.57. The molecule has 0 bridgehead atoms. The number of ether oxygens (including phenoxy) is 1. The van der Waals surface area contributed by atoms with E-state index in [-0.39, 0.29) is 5.78 Å². The summed E-state index contributed by atoms with van der Waals surface area (Å²) in [6, 6.07) is 12.0. The molecule has 0 aromatic heterocycles. The van der Waals surface area contributed by atoms with Gasteiger partial charge in [-0.1, -0.05) is 52.0 Å². The van der Waals surface area contributed by atoms with Gasteiger partial charge in [-0.25, -0.2) is 0 Å². The van der Waals surface area contributed by atoms with Gasteiger partial charge in [0.15, 0.2) is 5.78 Å². The molecule has 0 unspecified atom stereocenters. The first-order valence-corrected chi connectivity index (χ1v) is 9.77. The fourth-order valence-electron chi connectivity index (χ4n) is 2.29. The number of rotatable bonds is 9. The summed E-state index contributed by atoms with van der Waals surface area (Å²) in [6.45, 7) is 0.694. The standard InChI is InChI=1S/C19H19BrCl2O2/c20-9-3-1-2-4-10-24-18-7-5-14(6-8-18)19(23)15-11-16(21)13-17(22)12-15/h5-8,11-13H,1-4,9-10H2. The summed E-state index contributed by atoms with van der Waals surface area (Å²) in [6.07, 6.45) is 4.61. The number of ketones is 1. The van der Waals surface area contributed by atoms with E-state index < -0.39 is 0 Å². The summed E-state index contributed by atoms with van der Waals surface area (Å²) in [5.41, 5.74) is 1.06. The van der Waals surface area contributed by atoms with Gasteiger partial charge in [0.2, 0.25) is 0 Å². The van der Waals surface area contributed by atoms with Crippen LogP contribution in [0.25, 0.3) is 0 Å². The van der Waals surface area contributed by atoms with Crippen LogP contribution in [-0.2, 0) is 0 Å². The van der Waals surface area contributed by atoms with Gasteiger partial charge in [-0.15, -0.1) is 0 Å². The Morgan fingerprint density at radius 1 is 0.875 bits per heavy atom. The van der Waals surface area contributed by atoms with Gasteiger partial charge in [0.1, 0.15) is 5.75 Å². The van der Waals surface area contributed by atoms with Crippen LogP contribution in [-0.4, -0.2) is 17.7 Å². The third kappa shape index (κ3) is 6.12. The van der Waals surface area contributed by atoms with Gasteiger partial charge < -0.3 is 4.74 Å². The lowest BCUT2D eigenvalue weighted by Gasteiger charge is -2.07. The van der Waals surface area contributed by atoms with E-state index in [0.29, 0.717) is 27.8 Å². The molecular weight excluding hydrogens is 411 g/mol. The van der Waals surface area contributed by atoms with Crippen molar-refractivity contribution in [1.82, 2.24) is 0 Å². The molecule has 0 atom stereocenters. The third-order valence-corrected chi connectivity index (χ3v) is 4.54. The molecule has 0 spiro atoms. The molecule has 0 fully saturated rings. The molecule has 0 saturated carbocycles. The number of carbonyl (C=O) groups excluding carboxylic acids is 1. The van der Waals surface area contributed by atoms with E-state index in [1.807, 2.05) is 12.1 Å². The summed E-state index contributed by atoms with van der Waals surface area (Å²) in [4.78, 5) is 12.5. The maximum absolute atomic E-state index is 12.5. The summed E-state index contributed by atoms with van der Waals surface area (Å²) in [5, 5.41) is 1.96. The number of hydrogen-bond donors (Lipinski definition) is 0.